The van der Waals surface area contributed by atoms with Gasteiger partial charge < -0.3 is 10.6 Å². The van der Waals surface area contributed by atoms with Gasteiger partial charge in [-0.2, -0.15) is 0 Å². The van der Waals surface area contributed by atoms with E-state index in [0.29, 0.717) is 11.6 Å². The molecule has 2 aromatic rings. The first-order valence-electron chi connectivity index (χ1n) is 5.75. The van der Waals surface area contributed by atoms with Crippen LogP contribution in [0.4, 0.5) is 20.2 Å². The predicted octanol–water partition coefficient (Wildman–Crippen LogP) is 4.02. The molecule has 0 aliphatic heterocycles. The molecule has 0 aliphatic rings. The maximum absolute atomic E-state index is 13.6. The topological polar surface area (TPSA) is 41.1 Å². The average molecular weight is 341 g/mol. The molecular formula is C14H11BrF2N2O. The lowest BCUT2D eigenvalue weighted by molar-refractivity contribution is 0.102. The van der Waals surface area contributed by atoms with Gasteiger partial charge >= 0.3 is 0 Å². The second-order valence-electron chi connectivity index (χ2n) is 4.03. The molecule has 20 heavy (non-hydrogen) atoms. The Morgan fingerprint density at radius 2 is 1.80 bits per heavy atom. The van der Waals surface area contributed by atoms with E-state index in [-0.39, 0.29) is 10.2 Å². The first-order valence-corrected chi connectivity index (χ1v) is 6.54. The molecule has 0 heterocycles. The second kappa shape index (κ2) is 6.00. The fourth-order valence-electron chi connectivity index (χ4n) is 1.64. The van der Waals surface area contributed by atoms with Gasteiger partial charge in [0.15, 0.2) is 5.82 Å². The number of nitrogens with one attached hydrogen (secondary N) is 2. The largest absolute Gasteiger partial charge is 0.388 e. The molecule has 0 spiro atoms. The van der Waals surface area contributed by atoms with Gasteiger partial charge in [-0.3, -0.25) is 4.79 Å². The van der Waals surface area contributed by atoms with Crippen LogP contribution < -0.4 is 10.6 Å². The van der Waals surface area contributed by atoms with Crippen LogP contribution >= 0.6 is 15.9 Å². The molecule has 0 atom stereocenters. The molecule has 2 rings (SSSR count). The summed E-state index contributed by atoms with van der Waals surface area (Å²) in [5.74, 6) is -2.03. The molecule has 0 saturated carbocycles. The summed E-state index contributed by atoms with van der Waals surface area (Å²) in [6.45, 7) is 0. The Kier molecular flexibility index (Phi) is 4.34. The van der Waals surface area contributed by atoms with Gasteiger partial charge in [0.25, 0.3) is 5.91 Å². The van der Waals surface area contributed by atoms with E-state index in [0.717, 1.165) is 11.8 Å². The molecule has 1 amide bonds. The minimum absolute atomic E-state index is 0.0888. The fraction of sp³-hybridized carbons (Fsp3) is 0.0714. The van der Waals surface area contributed by atoms with Crippen molar-refractivity contribution in [1.29, 1.82) is 0 Å². The van der Waals surface area contributed by atoms with Crippen molar-refractivity contribution in [2.24, 2.45) is 0 Å². The van der Waals surface area contributed by atoms with E-state index in [2.05, 4.69) is 26.6 Å². The summed E-state index contributed by atoms with van der Waals surface area (Å²) in [6, 6.07) is 8.47. The van der Waals surface area contributed by atoms with Gasteiger partial charge in [0, 0.05) is 28.8 Å². The summed E-state index contributed by atoms with van der Waals surface area (Å²) in [5, 5.41) is 5.34. The quantitative estimate of drug-likeness (QED) is 0.885. The summed E-state index contributed by atoms with van der Waals surface area (Å²) in [5.41, 5.74) is 1.14. The molecule has 0 radical (unpaired) electrons. The molecule has 104 valence electrons. The summed E-state index contributed by atoms with van der Waals surface area (Å²) in [7, 11) is 1.76. The summed E-state index contributed by atoms with van der Waals surface area (Å²) in [6.07, 6.45) is 0. The Balaban J connectivity index is 2.23. The van der Waals surface area contributed by atoms with Crippen LogP contribution in [0.3, 0.4) is 0 Å². The van der Waals surface area contributed by atoms with Crippen molar-refractivity contribution >= 4 is 33.2 Å². The van der Waals surface area contributed by atoms with Crippen LogP contribution in [0.1, 0.15) is 10.4 Å². The van der Waals surface area contributed by atoms with Crippen LogP contribution in [0.15, 0.2) is 40.9 Å². The monoisotopic (exact) mass is 340 g/mol. The number of hydrogen-bond donors (Lipinski definition) is 2. The highest BCUT2D eigenvalue weighted by atomic mass is 79.9. The van der Waals surface area contributed by atoms with Crippen molar-refractivity contribution in [1.82, 2.24) is 0 Å². The molecular weight excluding hydrogens is 330 g/mol. The Bertz CT molecular complexity index is 621. The smallest absolute Gasteiger partial charge is 0.255 e. The molecule has 0 bridgehead atoms. The number of carbonyl (C=O) groups excluding carboxylic acids is 1. The van der Waals surface area contributed by atoms with Crippen molar-refractivity contribution in [2.75, 3.05) is 17.7 Å². The molecule has 0 unspecified atom stereocenters. The number of rotatable bonds is 3. The standard InChI is InChI=1S/C14H11BrF2N2O/c1-18-10-4-2-8(3-5-10)14(20)19-13-11(15)6-9(16)7-12(13)17/h2-7,18H,1H3,(H,19,20). The lowest BCUT2D eigenvalue weighted by atomic mass is 10.2. The third-order valence-electron chi connectivity index (χ3n) is 2.68. The third kappa shape index (κ3) is 3.14. The first-order chi connectivity index (χ1) is 9.51. The van der Waals surface area contributed by atoms with Gasteiger partial charge in [-0.25, -0.2) is 8.78 Å². The second-order valence-corrected chi connectivity index (χ2v) is 4.88. The molecule has 0 saturated heterocycles. The van der Waals surface area contributed by atoms with Gasteiger partial charge in [0.05, 0.1) is 5.69 Å². The number of anilines is 2. The third-order valence-corrected chi connectivity index (χ3v) is 3.31. The van der Waals surface area contributed by atoms with Crippen LogP contribution in [0, 0.1) is 11.6 Å². The van der Waals surface area contributed by atoms with Crippen molar-refractivity contribution in [3.05, 3.63) is 58.1 Å². The number of benzene rings is 2. The lowest BCUT2D eigenvalue weighted by Gasteiger charge is -2.09. The van der Waals surface area contributed by atoms with Gasteiger partial charge in [-0.1, -0.05) is 0 Å². The van der Waals surface area contributed by atoms with Gasteiger partial charge in [0.1, 0.15) is 5.82 Å². The Morgan fingerprint density at radius 1 is 1.15 bits per heavy atom. The van der Waals surface area contributed by atoms with Crippen LogP contribution in [0.5, 0.6) is 0 Å². The van der Waals surface area contributed by atoms with E-state index in [1.54, 1.807) is 31.3 Å². The van der Waals surface area contributed by atoms with Crippen molar-refractivity contribution in [3.63, 3.8) is 0 Å². The Labute approximate surface area is 123 Å². The van der Waals surface area contributed by atoms with Gasteiger partial charge in [-0.05, 0) is 46.3 Å². The molecule has 0 aliphatic carbocycles. The van der Waals surface area contributed by atoms with E-state index in [4.69, 9.17) is 0 Å². The predicted molar refractivity (Wildman–Crippen MR) is 78.0 cm³/mol. The number of amides is 1. The summed E-state index contributed by atoms with van der Waals surface area (Å²) >= 11 is 3.02. The molecule has 0 aromatic heterocycles. The number of carbonyl (C=O) groups is 1. The maximum Gasteiger partial charge on any atom is 0.255 e. The molecule has 3 nitrogen and oxygen atoms in total. The summed E-state index contributed by atoms with van der Waals surface area (Å²) in [4.78, 5) is 12.0. The van der Waals surface area contributed by atoms with E-state index in [1.807, 2.05) is 0 Å². The summed E-state index contributed by atoms with van der Waals surface area (Å²) < 4.78 is 26.7. The van der Waals surface area contributed by atoms with Crippen LogP contribution in [0.25, 0.3) is 0 Å². The van der Waals surface area contributed by atoms with Crippen molar-refractivity contribution in [3.8, 4) is 0 Å². The Morgan fingerprint density at radius 3 is 2.35 bits per heavy atom. The SMILES string of the molecule is CNc1ccc(C(=O)Nc2c(F)cc(F)cc2Br)cc1. The first kappa shape index (κ1) is 14.5. The van der Waals surface area contributed by atoms with Crippen LogP contribution in [0.2, 0.25) is 0 Å². The van der Waals surface area contributed by atoms with Crippen molar-refractivity contribution < 1.29 is 13.6 Å². The lowest BCUT2D eigenvalue weighted by Crippen LogP contribution is -2.13. The van der Waals surface area contributed by atoms with E-state index in [1.165, 1.54) is 0 Å². The zero-order valence-electron chi connectivity index (χ0n) is 10.5. The van der Waals surface area contributed by atoms with Crippen molar-refractivity contribution in [2.45, 2.75) is 0 Å². The van der Waals surface area contributed by atoms with Crippen LogP contribution in [-0.4, -0.2) is 13.0 Å². The number of halogens is 3. The van der Waals surface area contributed by atoms with Crippen LogP contribution in [-0.2, 0) is 0 Å². The van der Waals surface area contributed by atoms with E-state index < -0.39 is 17.5 Å². The number of hydrogen-bond acceptors (Lipinski definition) is 2. The van der Waals surface area contributed by atoms with E-state index in [9.17, 15) is 13.6 Å². The normalized spacial score (nSPS) is 10.2. The van der Waals surface area contributed by atoms with Gasteiger partial charge in [0.2, 0.25) is 0 Å². The van der Waals surface area contributed by atoms with Gasteiger partial charge in [-0.15, -0.1) is 0 Å². The average Bonchev–Trinajstić information content (AvgIpc) is 2.42. The highest BCUT2D eigenvalue weighted by Gasteiger charge is 2.13. The zero-order valence-corrected chi connectivity index (χ0v) is 12.1. The zero-order chi connectivity index (χ0) is 14.7. The molecule has 2 N–H and O–H groups in total. The highest BCUT2D eigenvalue weighted by Crippen LogP contribution is 2.27. The van der Waals surface area contributed by atoms with E-state index >= 15 is 0 Å². The molecule has 2 aromatic carbocycles. The maximum atomic E-state index is 13.6. The highest BCUT2D eigenvalue weighted by molar-refractivity contribution is 9.10. The fourth-order valence-corrected chi connectivity index (χ4v) is 2.14. The Hall–Kier alpha value is -1.95. The molecule has 6 heteroatoms. The minimum Gasteiger partial charge on any atom is -0.388 e. The minimum atomic E-state index is -0.836. The molecule has 0 fully saturated rings.